The molecule has 0 heterocycles. The van der Waals surface area contributed by atoms with Gasteiger partial charge in [-0.3, -0.25) is 0 Å². The van der Waals surface area contributed by atoms with Crippen LogP contribution in [0, 0.1) is 0 Å². The van der Waals surface area contributed by atoms with E-state index >= 15 is 0 Å². The third kappa shape index (κ3) is 3.12. The monoisotopic (exact) mass is 274 g/mol. The predicted octanol–water partition coefficient (Wildman–Crippen LogP) is 1.03. The number of ether oxygens (including phenoxy) is 3. The fraction of sp³-hybridized carbons (Fsp3) is 0.273. The van der Waals surface area contributed by atoms with Crippen molar-refractivity contribution in [1.82, 2.24) is 0 Å². The quantitative estimate of drug-likeness (QED) is 0.652. The third-order valence-corrected chi connectivity index (χ3v) is 2.28. The normalized spacial score (nSPS) is 9.78. The van der Waals surface area contributed by atoms with Crippen molar-refractivity contribution < 1.29 is 28.9 Å². The number of hydrogen-bond donors (Lipinski definition) is 1. The van der Waals surface area contributed by atoms with Gasteiger partial charge in [0.25, 0.3) is 0 Å². The van der Waals surface area contributed by atoms with Crippen LogP contribution >= 0.6 is 11.6 Å². The van der Waals surface area contributed by atoms with Crippen molar-refractivity contribution in [2.24, 2.45) is 0 Å². The molecule has 0 aliphatic rings. The summed E-state index contributed by atoms with van der Waals surface area (Å²) in [4.78, 5) is 22.3. The first kappa shape index (κ1) is 14.3. The molecule has 0 aliphatic heterocycles. The number of aliphatic hydroxyl groups is 1. The molecule has 0 spiro atoms. The van der Waals surface area contributed by atoms with Gasteiger partial charge in [0, 0.05) is 0 Å². The van der Waals surface area contributed by atoms with Gasteiger partial charge >= 0.3 is 11.9 Å². The van der Waals surface area contributed by atoms with E-state index in [4.69, 9.17) is 26.2 Å². The lowest BCUT2D eigenvalue weighted by molar-refractivity contribution is -0.137. The molecule has 98 valence electrons. The minimum Gasteiger partial charge on any atom is -0.493 e. The summed E-state index contributed by atoms with van der Waals surface area (Å²) < 4.78 is 14.3. The molecule has 7 heteroatoms. The first-order valence-electron chi connectivity index (χ1n) is 4.80. The van der Waals surface area contributed by atoms with E-state index in [1.54, 1.807) is 0 Å². The number of rotatable bonds is 4. The van der Waals surface area contributed by atoms with Crippen molar-refractivity contribution in [2.45, 2.75) is 0 Å². The summed E-state index contributed by atoms with van der Waals surface area (Å²) in [6, 6.07) is 2.59. The Labute approximate surface area is 108 Å². The van der Waals surface area contributed by atoms with Crippen molar-refractivity contribution in [1.29, 1.82) is 0 Å². The van der Waals surface area contributed by atoms with E-state index in [2.05, 4.69) is 4.74 Å². The van der Waals surface area contributed by atoms with Crippen molar-refractivity contribution in [3.8, 4) is 11.5 Å². The standard InChI is InChI=1S/C11H11ClO6/c1-16-8-4-6(11(15)17-2)3-7(12)10(8)18-9(14)5-13/h3-4,13H,5H2,1-2H3. The Kier molecular flexibility index (Phi) is 4.94. The predicted molar refractivity (Wildman–Crippen MR) is 62.1 cm³/mol. The zero-order valence-electron chi connectivity index (χ0n) is 9.73. The van der Waals surface area contributed by atoms with E-state index < -0.39 is 18.5 Å². The van der Waals surface area contributed by atoms with Crippen LogP contribution < -0.4 is 9.47 Å². The SMILES string of the molecule is COC(=O)c1cc(Cl)c(OC(=O)CO)c(OC)c1. The number of carbonyl (C=O) groups excluding carboxylic acids is 2. The summed E-state index contributed by atoms with van der Waals surface area (Å²) in [5.41, 5.74) is 0.156. The summed E-state index contributed by atoms with van der Waals surface area (Å²) >= 11 is 5.87. The van der Waals surface area contributed by atoms with Gasteiger partial charge in [0.05, 0.1) is 24.8 Å². The maximum atomic E-state index is 11.3. The molecule has 0 atom stereocenters. The van der Waals surface area contributed by atoms with Gasteiger partial charge in [-0.15, -0.1) is 0 Å². The van der Waals surface area contributed by atoms with Gasteiger partial charge in [0.1, 0.15) is 6.61 Å². The van der Waals surface area contributed by atoms with E-state index in [0.717, 1.165) is 0 Å². The van der Waals surface area contributed by atoms with Crippen LogP contribution in [0.5, 0.6) is 11.5 Å². The van der Waals surface area contributed by atoms with Crippen LogP contribution in [0.2, 0.25) is 5.02 Å². The largest absolute Gasteiger partial charge is 0.493 e. The lowest BCUT2D eigenvalue weighted by atomic mass is 10.2. The number of methoxy groups -OCH3 is 2. The maximum Gasteiger partial charge on any atom is 0.338 e. The van der Waals surface area contributed by atoms with Crippen LogP contribution in [-0.4, -0.2) is 37.9 Å². The van der Waals surface area contributed by atoms with Crippen LogP contribution in [-0.2, 0) is 9.53 Å². The lowest BCUT2D eigenvalue weighted by Crippen LogP contribution is -2.13. The topological polar surface area (TPSA) is 82.1 Å². The molecule has 6 nitrogen and oxygen atoms in total. The van der Waals surface area contributed by atoms with E-state index in [1.807, 2.05) is 0 Å². The Morgan fingerprint density at radius 3 is 2.50 bits per heavy atom. The lowest BCUT2D eigenvalue weighted by Gasteiger charge is -2.11. The third-order valence-electron chi connectivity index (χ3n) is 2.00. The van der Waals surface area contributed by atoms with Gasteiger partial charge in [-0.05, 0) is 12.1 Å². The minimum atomic E-state index is -0.888. The Morgan fingerprint density at radius 1 is 1.33 bits per heavy atom. The summed E-state index contributed by atoms with van der Waals surface area (Å²) in [7, 11) is 2.55. The first-order valence-corrected chi connectivity index (χ1v) is 5.18. The molecule has 1 aromatic carbocycles. The van der Waals surface area contributed by atoms with Crippen LogP contribution in [0.4, 0.5) is 0 Å². The molecule has 1 aromatic rings. The molecule has 0 bridgehead atoms. The summed E-state index contributed by atoms with van der Waals surface area (Å²) in [5, 5.41) is 8.60. The van der Waals surface area contributed by atoms with E-state index in [1.165, 1.54) is 26.4 Å². The van der Waals surface area contributed by atoms with Gasteiger partial charge < -0.3 is 19.3 Å². The molecule has 1 N–H and O–H groups in total. The summed E-state index contributed by atoms with van der Waals surface area (Å²) in [5.74, 6) is -1.47. The summed E-state index contributed by atoms with van der Waals surface area (Å²) in [6.45, 7) is -0.793. The Bertz CT molecular complexity index is 471. The fourth-order valence-corrected chi connectivity index (χ4v) is 1.45. The second-order valence-electron chi connectivity index (χ2n) is 3.11. The molecule has 0 unspecified atom stereocenters. The average molecular weight is 275 g/mol. The van der Waals surface area contributed by atoms with Crippen LogP contribution in [0.1, 0.15) is 10.4 Å². The molecule has 18 heavy (non-hydrogen) atoms. The smallest absolute Gasteiger partial charge is 0.338 e. The average Bonchev–Trinajstić information content (AvgIpc) is 2.39. The van der Waals surface area contributed by atoms with Gasteiger partial charge in [0.15, 0.2) is 11.5 Å². The number of aliphatic hydroxyl groups excluding tert-OH is 1. The Hall–Kier alpha value is -1.79. The van der Waals surface area contributed by atoms with Gasteiger partial charge in [0.2, 0.25) is 0 Å². The van der Waals surface area contributed by atoms with Gasteiger partial charge in [-0.2, -0.15) is 0 Å². The van der Waals surface area contributed by atoms with E-state index in [0.29, 0.717) is 0 Å². The molecule has 0 saturated heterocycles. The van der Waals surface area contributed by atoms with Crippen LogP contribution in [0.15, 0.2) is 12.1 Å². The molecule has 0 radical (unpaired) electrons. The van der Waals surface area contributed by atoms with Crippen molar-refractivity contribution in [2.75, 3.05) is 20.8 Å². The molecular weight excluding hydrogens is 264 g/mol. The highest BCUT2D eigenvalue weighted by atomic mass is 35.5. The second-order valence-corrected chi connectivity index (χ2v) is 3.52. The van der Waals surface area contributed by atoms with Crippen LogP contribution in [0.25, 0.3) is 0 Å². The highest BCUT2D eigenvalue weighted by Gasteiger charge is 2.18. The summed E-state index contributed by atoms with van der Waals surface area (Å²) in [6.07, 6.45) is 0. The number of hydrogen-bond acceptors (Lipinski definition) is 6. The van der Waals surface area contributed by atoms with Crippen molar-refractivity contribution in [3.05, 3.63) is 22.7 Å². The van der Waals surface area contributed by atoms with Crippen LogP contribution in [0.3, 0.4) is 0 Å². The molecule has 0 saturated carbocycles. The molecule has 1 rings (SSSR count). The maximum absolute atomic E-state index is 11.3. The van der Waals surface area contributed by atoms with Gasteiger partial charge in [-0.1, -0.05) is 11.6 Å². The van der Waals surface area contributed by atoms with Crippen molar-refractivity contribution >= 4 is 23.5 Å². The molecule has 0 fully saturated rings. The number of benzene rings is 1. The fourth-order valence-electron chi connectivity index (χ4n) is 1.20. The molecule has 0 aliphatic carbocycles. The first-order chi connectivity index (χ1) is 8.53. The Balaban J connectivity index is 3.19. The zero-order chi connectivity index (χ0) is 13.7. The molecule has 0 amide bonds. The highest BCUT2D eigenvalue weighted by molar-refractivity contribution is 6.32. The van der Waals surface area contributed by atoms with Gasteiger partial charge in [-0.25, -0.2) is 9.59 Å². The van der Waals surface area contributed by atoms with Crippen molar-refractivity contribution in [3.63, 3.8) is 0 Å². The molecule has 0 aromatic heterocycles. The number of halogens is 1. The number of carbonyl (C=O) groups is 2. The second kappa shape index (κ2) is 6.23. The zero-order valence-corrected chi connectivity index (χ0v) is 10.5. The Morgan fingerprint density at radius 2 is 2.00 bits per heavy atom. The van der Waals surface area contributed by atoms with E-state index in [-0.39, 0.29) is 22.1 Å². The van der Waals surface area contributed by atoms with E-state index in [9.17, 15) is 9.59 Å². The molecular formula is C11H11ClO6. The highest BCUT2D eigenvalue weighted by Crippen LogP contribution is 2.36. The number of esters is 2. The minimum absolute atomic E-state index is 0.00319.